The van der Waals surface area contributed by atoms with Crippen LogP contribution in [0.25, 0.3) is 5.57 Å². The van der Waals surface area contributed by atoms with Crippen molar-refractivity contribution >= 4 is 11.6 Å². The summed E-state index contributed by atoms with van der Waals surface area (Å²) in [6, 6.07) is 5.66. The Balaban J connectivity index is 2.01. The van der Waals surface area contributed by atoms with Gasteiger partial charge in [-0.25, -0.2) is 9.18 Å². The number of hydrogen-bond acceptors (Lipinski definition) is 3. The second-order valence-electron chi connectivity index (χ2n) is 5.08. The lowest BCUT2D eigenvalue weighted by Gasteiger charge is -2.04. The normalized spacial score (nSPS) is 13.3. The van der Waals surface area contributed by atoms with Gasteiger partial charge in [0.15, 0.2) is 0 Å². The monoisotopic (exact) mass is 310 g/mol. The van der Waals surface area contributed by atoms with Gasteiger partial charge in [-0.1, -0.05) is 24.3 Å². The van der Waals surface area contributed by atoms with E-state index < -0.39 is 6.03 Å². The minimum atomic E-state index is -0.666. The number of allylic oxidation sites excluding steroid dienone is 4. The zero-order chi connectivity index (χ0) is 16.2. The molecule has 116 valence electrons. The van der Waals surface area contributed by atoms with Crippen LogP contribution in [0.3, 0.4) is 0 Å². The number of nitrogens with zero attached hydrogens (tertiary/aromatic N) is 2. The van der Waals surface area contributed by atoms with Gasteiger partial charge in [0.2, 0.25) is 0 Å². The summed E-state index contributed by atoms with van der Waals surface area (Å²) in [5.74, 6) is -0.300. The van der Waals surface area contributed by atoms with Crippen molar-refractivity contribution in [2.75, 3.05) is 0 Å². The maximum absolute atomic E-state index is 13.4. The lowest BCUT2D eigenvalue weighted by Crippen LogP contribution is -2.20. The van der Waals surface area contributed by atoms with Gasteiger partial charge in [0.05, 0.1) is 5.69 Å². The quantitative estimate of drug-likeness (QED) is 0.915. The van der Waals surface area contributed by atoms with Gasteiger partial charge in [0.25, 0.3) is 0 Å². The van der Waals surface area contributed by atoms with E-state index in [1.54, 1.807) is 24.7 Å². The molecule has 1 aliphatic rings. The number of amides is 1. The Bertz CT molecular complexity index is 833. The molecule has 0 saturated carbocycles. The van der Waals surface area contributed by atoms with Crippen LogP contribution in [-0.2, 0) is 6.42 Å². The first kappa shape index (κ1) is 14.8. The third kappa shape index (κ3) is 3.37. The van der Waals surface area contributed by atoms with Crippen LogP contribution >= 0.6 is 0 Å². The lowest BCUT2D eigenvalue weighted by molar-refractivity contribution is 0.247. The number of primary amides is 1. The van der Waals surface area contributed by atoms with Crippen LogP contribution in [-0.4, -0.2) is 15.8 Å². The highest BCUT2D eigenvalue weighted by molar-refractivity contribution is 5.78. The van der Waals surface area contributed by atoms with Crippen LogP contribution in [0.2, 0.25) is 0 Å². The summed E-state index contributed by atoms with van der Waals surface area (Å²) in [6.45, 7) is 0. The number of carbonyl (C=O) groups is 1. The number of rotatable bonds is 3. The number of carbonyl (C=O) groups excluding carboxylic acids is 1. The molecular formula is C17H15FN4O. The summed E-state index contributed by atoms with van der Waals surface area (Å²) in [7, 11) is 0. The van der Waals surface area contributed by atoms with E-state index in [-0.39, 0.29) is 5.82 Å². The average molecular weight is 310 g/mol. The van der Waals surface area contributed by atoms with E-state index in [9.17, 15) is 9.18 Å². The summed E-state index contributed by atoms with van der Waals surface area (Å²) in [5.41, 5.74) is 8.32. The number of nitrogens with two attached hydrogens (primary N) is 1. The second kappa shape index (κ2) is 6.31. The molecule has 1 aromatic carbocycles. The van der Waals surface area contributed by atoms with Crippen LogP contribution in [0.4, 0.5) is 9.18 Å². The predicted octanol–water partition coefficient (Wildman–Crippen LogP) is 2.55. The summed E-state index contributed by atoms with van der Waals surface area (Å²) in [4.78, 5) is 11.4. The van der Waals surface area contributed by atoms with E-state index in [0.29, 0.717) is 12.1 Å². The molecule has 0 atom stereocenters. The summed E-state index contributed by atoms with van der Waals surface area (Å²) >= 11 is 0. The minimum absolute atomic E-state index is 0.300. The van der Waals surface area contributed by atoms with Gasteiger partial charge in [-0.3, -0.25) is 0 Å². The molecule has 0 fully saturated rings. The van der Waals surface area contributed by atoms with E-state index >= 15 is 0 Å². The van der Waals surface area contributed by atoms with Gasteiger partial charge < -0.3 is 11.1 Å². The topological polar surface area (TPSA) is 72.9 Å². The van der Waals surface area contributed by atoms with Gasteiger partial charge in [-0.05, 0) is 23.8 Å². The molecule has 6 heteroatoms. The fourth-order valence-electron chi connectivity index (χ4n) is 2.37. The SMILES string of the molecule is NC(=O)n1cc(Cc2cccc(F)c2)c(C2=CNC=CC=C2)n1. The molecule has 0 unspecified atom stereocenters. The van der Waals surface area contributed by atoms with Crippen molar-refractivity contribution in [2.45, 2.75) is 6.42 Å². The molecule has 0 aliphatic carbocycles. The third-order valence-electron chi connectivity index (χ3n) is 3.39. The largest absolute Gasteiger partial charge is 0.367 e. The summed E-state index contributed by atoms with van der Waals surface area (Å²) in [6.07, 6.45) is 11.2. The van der Waals surface area contributed by atoms with Gasteiger partial charge in [0, 0.05) is 36.2 Å². The zero-order valence-corrected chi connectivity index (χ0v) is 12.2. The molecule has 23 heavy (non-hydrogen) atoms. The first-order chi connectivity index (χ1) is 11.1. The van der Waals surface area contributed by atoms with E-state index in [2.05, 4.69) is 10.4 Å². The van der Waals surface area contributed by atoms with Crippen LogP contribution in [0.5, 0.6) is 0 Å². The number of aromatic nitrogens is 2. The van der Waals surface area contributed by atoms with Crippen molar-refractivity contribution in [1.29, 1.82) is 0 Å². The van der Waals surface area contributed by atoms with Crippen molar-refractivity contribution in [3.8, 4) is 0 Å². The molecule has 1 aliphatic heterocycles. The second-order valence-corrected chi connectivity index (χ2v) is 5.08. The molecule has 0 radical (unpaired) electrons. The zero-order valence-electron chi connectivity index (χ0n) is 12.2. The van der Waals surface area contributed by atoms with E-state index in [1.165, 1.54) is 12.1 Å². The highest BCUT2D eigenvalue weighted by atomic mass is 19.1. The molecule has 3 rings (SSSR count). The van der Waals surface area contributed by atoms with Crippen molar-refractivity contribution in [2.24, 2.45) is 5.73 Å². The van der Waals surface area contributed by atoms with Crippen LogP contribution in [0, 0.1) is 5.82 Å². The van der Waals surface area contributed by atoms with Gasteiger partial charge in [0.1, 0.15) is 5.82 Å². The number of hydrogen-bond donors (Lipinski definition) is 2. The average Bonchev–Trinajstić information content (AvgIpc) is 2.75. The Hall–Kier alpha value is -3.15. The van der Waals surface area contributed by atoms with Crippen LogP contribution in [0.1, 0.15) is 16.8 Å². The molecule has 3 N–H and O–H groups in total. The van der Waals surface area contributed by atoms with Gasteiger partial charge >= 0.3 is 6.03 Å². The van der Waals surface area contributed by atoms with E-state index in [1.807, 2.05) is 24.3 Å². The first-order valence-corrected chi connectivity index (χ1v) is 7.06. The maximum Gasteiger partial charge on any atom is 0.339 e. The van der Waals surface area contributed by atoms with Gasteiger partial charge in [-0.2, -0.15) is 9.78 Å². The number of halogens is 1. The number of benzene rings is 1. The number of nitrogens with one attached hydrogen (secondary N) is 1. The fraction of sp³-hybridized carbons (Fsp3) is 0.0588. The Morgan fingerprint density at radius 2 is 2.22 bits per heavy atom. The molecule has 2 aromatic rings. The Morgan fingerprint density at radius 3 is 3.00 bits per heavy atom. The summed E-state index contributed by atoms with van der Waals surface area (Å²) in [5, 5.41) is 7.26. The van der Waals surface area contributed by atoms with E-state index in [4.69, 9.17) is 5.73 Å². The Morgan fingerprint density at radius 1 is 1.35 bits per heavy atom. The Kier molecular flexibility index (Phi) is 4.05. The van der Waals surface area contributed by atoms with Crippen molar-refractivity contribution in [3.05, 3.63) is 83.7 Å². The molecule has 0 spiro atoms. The maximum atomic E-state index is 13.4. The Labute approximate surface area is 132 Å². The molecular weight excluding hydrogens is 295 g/mol. The molecule has 1 amide bonds. The van der Waals surface area contributed by atoms with Crippen LogP contribution in [0.15, 0.2) is 61.1 Å². The van der Waals surface area contributed by atoms with Crippen molar-refractivity contribution in [3.63, 3.8) is 0 Å². The fourth-order valence-corrected chi connectivity index (χ4v) is 2.37. The molecule has 5 nitrogen and oxygen atoms in total. The lowest BCUT2D eigenvalue weighted by atomic mass is 10.0. The van der Waals surface area contributed by atoms with Crippen molar-refractivity contribution in [1.82, 2.24) is 15.1 Å². The smallest absolute Gasteiger partial charge is 0.339 e. The molecule has 0 saturated heterocycles. The highest BCUT2D eigenvalue weighted by Crippen LogP contribution is 2.22. The van der Waals surface area contributed by atoms with Gasteiger partial charge in [-0.15, -0.1) is 0 Å². The predicted molar refractivity (Wildman–Crippen MR) is 85.8 cm³/mol. The molecule has 2 heterocycles. The minimum Gasteiger partial charge on any atom is -0.367 e. The molecule has 1 aromatic heterocycles. The standard InChI is InChI=1S/C17H15FN4O/c18-15-6-3-4-12(9-15)8-14-11-22(17(19)23)21-16(14)13-5-1-2-7-20-10-13/h1-7,9-11,20H,8H2,(H2,19,23). The first-order valence-electron chi connectivity index (χ1n) is 7.06. The third-order valence-corrected chi connectivity index (χ3v) is 3.39. The molecule has 0 bridgehead atoms. The van der Waals surface area contributed by atoms with Crippen molar-refractivity contribution < 1.29 is 9.18 Å². The highest BCUT2D eigenvalue weighted by Gasteiger charge is 2.15. The van der Waals surface area contributed by atoms with Crippen LogP contribution < -0.4 is 11.1 Å². The summed E-state index contributed by atoms with van der Waals surface area (Å²) < 4.78 is 14.5. The van der Waals surface area contributed by atoms with E-state index in [0.717, 1.165) is 21.4 Å².